The molecule has 0 aromatic heterocycles. The van der Waals surface area contributed by atoms with Gasteiger partial charge < -0.3 is 15.2 Å². The average molecular weight is 191 g/mol. The molecule has 1 aliphatic rings. The number of fused-ring (bicyclic) bond motifs is 1. The second-order valence-corrected chi connectivity index (χ2v) is 2.92. The molecule has 0 aliphatic carbocycles. The van der Waals surface area contributed by atoms with Crippen molar-refractivity contribution in [3.05, 3.63) is 35.6 Å². The molecule has 4 nitrogen and oxygen atoms in total. The molecular weight excluding hydrogens is 182 g/mol. The standard InChI is InChI=1S/C10H9NO3/c12-10(13)14-8-5-7-3-1-2-4-9(7)11-6-8/h1-5,11H,6H2,(H,12,13). The molecule has 0 unspecified atom stereocenters. The lowest BCUT2D eigenvalue weighted by Gasteiger charge is -2.16. The zero-order valence-electron chi connectivity index (χ0n) is 7.36. The maximum Gasteiger partial charge on any atom is 0.511 e. The van der Waals surface area contributed by atoms with Crippen LogP contribution in [0.25, 0.3) is 6.08 Å². The van der Waals surface area contributed by atoms with E-state index in [0.717, 1.165) is 11.3 Å². The lowest BCUT2D eigenvalue weighted by Crippen LogP contribution is -2.14. The number of anilines is 1. The van der Waals surface area contributed by atoms with E-state index in [1.54, 1.807) is 6.08 Å². The van der Waals surface area contributed by atoms with Gasteiger partial charge in [0, 0.05) is 11.3 Å². The Morgan fingerprint density at radius 1 is 1.43 bits per heavy atom. The molecule has 0 amide bonds. The molecule has 4 heteroatoms. The number of hydrogen-bond donors (Lipinski definition) is 2. The van der Waals surface area contributed by atoms with E-state index in [4.69, 9.17) is 5.11 Å². The number of rotatable bonds is 1. The minimum atomic E-state index is -1.28. The molecule has 1 aromatic carbocycles. The first-order valence-corrected chi connectivity index (χ1v) is 4.20. The zero-order valence-corrected chi connectivity index (χ0v) is 7.36. The van der Waals surface area contributed by atoms with Crippen molar-refractivity contribution in [3.8, 4) is 0 Å². The van der Waals surface area contributed by atoms with E-state index in [1.165, 1.54) is 0 Å². The Morgan fingerprint density at radius 3 is 3.00 bits per heavy atom. The highest BCUT2D eigenvalue weighted by atomic mass is 16.7. The molecule has 72 valence electrons. The van der Waals surface area contributed by atoms with Gasteiger partial charge in [0.2, 0.25) is 0 Å². The summed E-state index contributed by atoms with van der Waals surface area (Å²) in [7, 11) is 0. The summed E-state index contributed by atoms with van der Waals surface area (Å²) in [5.74, 6) is 0.413. The molecule has 0 saturated heterocycles. The van der Waals surface area contributed by atoms with Crippen molar-refractivity contribution in [1.29, 1.82) is 0 Å². The highest BCUT2D eigenvalue weighted by Crippen LogP contribution is 2.23. The highest BCUT2D eigenvalue weighted by Gasteiger charge is 2.11. The minimum Gasteiger partial charge on any atom is -0.449 e. The van der Waals surface area contributed by atoms with Gasteiger partial charge in [0.25, 0.3) is 0 Å². The molecule has 0 saturated carbocycles. The largest absolute Gasteiger partial charge is 0.511 e. The number of ether oxygens (including phenoxy) is 1. The number of carbonyl (C=O) groups is 1. The summed E-state index contributed by atoms with van der Waals surface area (Å²) in [4.78, 5) is 10.3. The summed E-state index contributed by atoms with van der Waals surface area (Å²) in [5.41, 5.74) is 1.93. The van der Waals surface area contributed by atoms with Crippen molar-refractivity contribution < 1.29 is 14.6 Å². The Morgan fingerprint density at radius 2 is 2.21 bits per heavy atom. The van der Waals surface area contributed by atoms with Gasteiger partial charge in [-0.15, -0.1) is 0 Å². The van der Waals surface area contributed by atoms with E-state index < -0.39 is 6.16 Å². The van der Waals surface area contributed by atoms with Crippen LogP contribution in [0, 0.1) is 0 Å². The van der Waals surface area contributed by atoms with Crippen LogP contribution < -0.4 is 5.32 Å². The topological polar surface area (TPSA) is 58.6 Å². The summed E-state index contributed by atoms with van der Waals surface area (Å²) in [6.07, 6.45) is 0.442. The third-order valence-electron chi connectivity index (χ3n) is 1.95. The van der Waals surface area contributed by atoms with Crippen molar-refractivity contribution in [3.63, 3.8) is 0 Å². The predicted octanol–water partition coefficient (Wildman–Crippen LogP) is 2.15. The second-order valence-electron chi connectivity index (χ2n) is 2.92. The monoisotopic (exact) mass is 191 g/mol. The van der Waals surface area contributed by atoms with Gasteiger partial charge in [-0.1, -0.05) is 18.2 Å². The van der Waals surface area contributed by atoms with Crippen LogP contribution in [0.3, 0.4) is 0 Å². The van der Waals surface area contributed by atoms with Crippen molar-refractivity contribution in [2.45, 2.75) is 0 Å². The summed E-state index contributed by atoms with van der Waals surface area (Å²) >= 11 is 0. The zero-order chi connectivity index (χ0) is 9.97. The lowest BCUT2D eigenvalue weighted by atomic mass is 10.1. The van der Waals surface area contributed by atoms with E-state index in [-0.39, 0.29) is 0 Å². The molecule has 1 aromatic rings. The van der Waals surface area contributed by atoms with Gasteiger partial charge in [-0.3, -0.25) is 0 Å². The summed E-state index contributed by atoms with van der Waals surface area (Å²) in [6.45, 7) is 0.406. The van der Waals surface area contributed by atoms with Gasteiger partial charge in [0.1, 0.15) is 5.76 Å². The van der Waals surface area contributed by atoms with E-state index in [2.05, 4.69) is 10.1 Å². The average Bonchev–Trinajstić information content (AvgIpc) is 2.17. The van der Waals surface area contributed by atoms with Crippen LogP contribution in [0.5, 0.6) is 0 Å². The van der Waals surface area contributed by atoms with Crippen LogP contribution in [0.4, 0.5) is 10.5 Å². The second kappa shape index (κ2) is 3.41. The number of benzene rings is 1. The van der Waals surface area contributed by atoms with E-state index in [1.807, 2.05) is 24.3 Å². The number of nitrogens with one attached hydrogen (secondary N) is 1. The first kappa shape index (κ1) is 8.62. The van der Waals surface area contributed by atoms with Crippen molar-refractivity contribution in [2.24, 2.45) is 0 Å². The molecule has 1 aliphatic heterocycles. The quantitative estimate of drug-likeness (QED) is 0.668. The molecule has 0 bridgehead atoms. The maximum absolute atomic E-state index is 10.3. The van der Waals surface area contributed by atoms with Crippen molar-refractivity contribution in [2.75, 3.05) is 11.9 Å². The number of hydrogen-bond acceptors (Lipinski definition) is 3. The van der Waals surface area contributed by atoms with Crippen LogP contribution in [-0.2, 0) is 4.74 Å². The number of carboxylic acid groups (broad SMARTS) is 1. The first-order chi connectivity index (χ1) is 6.75. The Kier molecular flexibility index (Phi) is 2.10. The molecule has 0 fully saturated rings. The normalized spacial score (nSPS) is 13.6. The third-order valence-corrected chi connectivity index (χ3v) is 1.95. The molecule has 2 rings (SSSR count). The van der Waals surface area contributed by atoms with E-state index >= 15 is 0 Å². The molecule has 1 heterocycles. The Balaban J connectivity index is 2.26. The van der Waals surface area contributed by atoms with Gasteiger partial charge in [0.15, 0.2) is 0 Å². The third kappa shape index (κ3) is 1.69. The van der Waals surface area contributed by atoms with Crippen LogP contribution in [-0.4, -0.2) is 17.8 Å². The molecule has 0 radical (unpaired) electrons. The van der Waals surface area contributed by atoms with Crippen LogP contribution >= 0.6 is 0 Å². The van der Waals surface area contributed by atoms with Gasteiger partial charge in [-0.2, -0.15) is 0 Å². The minimum absolute atomic E-state index is 0.406. The number of para-hydroxylation sites is 1. The summed E-state index contributed by atoms with van der Waals surface area (Å²) < 4.78 is 4.56. The Bertz CT molecular complexity index is 398. The Labute approximate surface area is 80.8 Å². The molecule has 2 N–H and O–H groups in total. The summed E-state index contributed by atoms with van der Waals surface area (Å²) in [5, 5.41) is 11.5. The predicted molar refractivity (Wildman–Crippen MR) is 52.0 cm³/mol. The highest BCUT2D eigenvalue weighted by molar-refractivity contribution is 5.72. The first-order valence-electron chi connectivity index (χ1n) is 4.20. The fraction of sp³-hybridized carbons (Fsp3) is 0.100. The SMILES string of the molecule is O=C(O)OC1=Cc2ccccc2NC1. The van der Waals surface area contributed by atoms with E-state index in [0.29, 0.717) is 12.3 Å². The van der Waals surface area contributed by atoms with Gasteiger partial charge in [-0.25, -0.2) is 4.79 Å². The summed E-state index contributed by atoms with van der Waals surface area (Å²) in [6, 6.07) is 7.64. The lowest BCUT2D eigenvalue weighted by molar-refractivity contribution is 0.119. The van der Waals surface area contributed by atoms with E-state index in [9.17, 15) is 4.79 Å². The molecular formula is C10H9NO3. The van der Waals surface area contributed by atoms with Crippen LogP contribution in [0.1, 0.15) is 5.56 Å². The van der Waals surface area contributed by atoms with Gasteiger partial charge >= 0.3 is 6.16 Å². The maximum atomic E-state index is 10.3. The van der Waals surface area contributed by atoms with Crippen molar-refractivity contribution in [1.82, 2.24) is 0 Å². The van der Waals surface area contributed by atoms with Gasteiger partial charge in [0.05, 0.1) is 6.54 Å². The van der Waals surface area contributed by atoms with Gasteiger partial charge in [-0.05, 0) is 12.1 Å². The molecule has 0 atom stereocenters. The van der Waals surface area contributed by atoms with Crippen LogP contribution in [0.2, 0.25) is 0 Å². The molecule has 14 heavy (non-hydrogen) atoms. The smallest absolute Gasteiger partial charge is 0.449 e. The Hall–Kier alpha value is -1.97. The fourth-order valence-electron chi connectivity index (χ4n) is 1.37. The van der Waals surface area contributed by atoms with Crippen LogP contribution in [0.15, 0.2) is 30.0 Å². The molecule has 0 spiro atoms. The fourth-order valence-corrected chi connectivity index (χ4v) is 1.37. The van der Waals surface area contributed by atoms with Crippen molar-refractivity contribution >= 4 is 17.9 Å².